The van der Waals surface area contributed by atoms with Crippen LogP contribution in [-0.2, 0) is 4.74 Å². The first-order chi connectivity index (χ1) is 9.10. The Morgan fingerprint density at radius 2 is 2.05 bits per heavy atom. The van der Waals surface area contributed by atoms with Crippen molar-refractivity contribution in [2.45, 2.75) is 38.6 Å². The fourth-order valence-electron chi connectivity index (χ4n) is 2.49. The first-order valence-corrected chi connectivity index (χ1v) is 7.41. The molecule has 5 heteroatoms. The molecule has 1 amide bonds. The lowest BCUT2D eigenvalue weighted by Gasteiger charge is -2.27. The molecule has 0 bridgehead atoms. The predicted molar refractivity (Wildman–Crippen MR) is 74.5 cm³/mol. The average molecular weight is 281 g/mol. The topological polar surface area (TPSA) is 55.4 Å². The Morgan fingerprint density at radius 3 is 2.74 bits per heavy atom. The number of methoxy groups -OCH3 is 1. The molecule has 0 radical (unpaired) electrons. The van der Waals surface area contributed by atoms with Crippen LogP contribution < -0.4 is 5.32 Å². The number of hydrogen-bond donors (Lipinski definition) is 1. The molecule has 1 aromatic heterocycles. The summed E-state index contributed by atoms with van der Waals surface area (Å²) in [4.78, 5) is 24.5. The third-order valence-corrected chi connectivity index (χ3v) is 4.55. The van der Waals surface area contributed by atoms with E-state index < -0.39 is 5.97 Å². The van der Waals surface area contributed by atoms with E-state index in [1.807, 2.05) is 0 Å². The fourth-order valence-corrected chi connectivity index (χ4v) is 3.32. The first kappa shape index (κ1) is 14.1. The highest BCUT2D eigenvalue weighted by Crippen LogP contribution is 2.24. The maximum Gasteiger partial charge on any atom is 0.348 e. The normalized spacial score (nSPS) is 22.8. The van der Waals surface area contributed by atoms with Gasteiger partial charge in [-0.25, -0.2) is 4.79 Å². The summed E-state index contributed by atoms with van der Waals surface area (Å²) >= 11 is 1.18. The molecule has 0 aromatic carbocycles. The Balaban J connectivity index is 1.96. The minimum absolute atomic E-state index is 0.0840. The molecule has 2 unspecified atom stereocenters. The van der Waals surface area contributed by atoms with Crippen molar-refractivity contribution in [2.75, 3.05) is 7.11 Å². The van der Waals surface area contributed by atoms with Crippen LogP contribution in [0.3, 0.4) is 0 Å². The molecule has 2 atom stereocenters. The van der Waals surface area contributed by atoms with Gasteiger partial charge in [-0.05, 0) is 30.9 Å². The molecule has 2 rings (SSSR count). The number of nitrogens with one attached hydrogen (secondary N) is 1. The van der Waals surface area contributed by atoms with E-state index in [4.69, 9.17) is 0 Å². The van der Waals surface area contributed by atoms with Gasteiger partial charge >= 0.3 is 5.97 Å². The molecule has 1 fully saturated rings. The number of hydrogen-bond acceptors (Lipinski definition) is 4. The molecule has 19 heavy (non-hydrogen) atoms. The van der Waals surface area contributed by atoms with Gasteiger partial charge in [0, 0.05) is 6.04 Å². The van der Waals surface area contributed by atoms with Crippen molar-refractivity contribution >= 4 is 23.2 Å². The summed E-state index contributed by atoms with van der Waals surface area (Å²) in [6, 6.07) is 3.58. The standard InChI is InChI=1S/C14H19NO3S/c1-9-4-3-5-10(8-9)15-13(16)11-6-7-12(19-11)14(17)18-2/h6-7,9-10H,3-5,8H2,1-2H3,(H,15,16). The summed E-state index contributed by atoms with van der Waals surface area (Å²) < 4.78 is 4.63. The van der Waals surface area contributed by atoms with Gasteiger partial charge in [0.05, 0.1) is 12.0 Å². The summed E-state index contributed by atoms with van der Waals surface area (Å²) in [5.41, 5.74) is 0. The van der Waals surface area contributed by atoms with Gasteiger partial charge in [-0.15, -0.1) is 11.3 Å². The van der Waals surface area contributed by atoms with Crippen molar-refractivity contribution in [1.82, 2.24) is 5.32 Å². The van der Waals surface area contributed by atoms with Crippen molar-refractivity contribution < 1.29 is 14.3 Å². The van der Waals surface area contributed by atoms with E-state index in [1.54, 1.807) is 12.1 Å². The summed E-state index contributed by atoms with van der Waals surface area (Å²) in [6.45, 7) is 2.22. The van der Waals surface area contributed by atoms with Gasteiger partial charge in [-0.2, -0.15) is 0 Å². The van der Waals surface area contributed by atoms with Crippen molar-refractivity contribution in [1.29, 1.82) is 0 Å². The number of rotatable bonds is 3. The van der Waals surface area contributed by atoms with Gasteiger partial charge in [0.1, 0.15) is 4.88 Å². The Kier molecular flexibility index (Phi) is 4.58. The van der Waals surface area contributed by atoms with Crippen LogP contribution >= 0.6 is 11.3 Å². The minimum Gasteiger partial charge on any atom is -0.465 e. The van der Waals surface area contributed by atoms with E-state index in [9.17, 15) is 9.59 Å². The van der Waals surface area contributed by atoms with E-state index in [-0.39, 0.29) is 11.9 Å². The van der Waals surface area contributed by atoms with Crippen LogP contribution in [0.25, 0.3) is 0 Å². The molecule has 4 nitrogen and oxygen atoms in total. The van der Waals surface area contributed by atoms with Gasteiger partial charge in [0.15, 0.2) is 0 Å². The van der Waals surface area contributed by atoms with Gasteiger partial charge in [0.25, 0.3) is 5.91 Å². The van der Waals surface area contributed by atoms with E-state index in [2.05, 4.69) is 17.0 Å². The van der Waals surface area contributed by atoms with Gasteiger partial charge in [-0.1, -0.05) is 19.8 Å². The quantitative estimate of drug-likeness (QED) is 0.867. The lowest BCUT2D eigenvalue weighted by Crippen LogP contribution is -2.37. The smallest absolute Gasteiger partial charge is 0.348 e. The van der Waals surface area contributed by atoms with Crippen LogP contribution in [-0.4, -0.2) is 25.0 Å². The van der Waals surface area contributed by atoms with E-state index in [0.717, 1.165) is 12.8 Å². The van der Waals surface area contributed by atoms with Gasteiger partial charge < -0.3 is 10.1 Å². The van der Waals surface area contributed by atoms with Crippen molar-refractivity contribution in [3.8, 4) is 0 Å². The number of amides is 1. The minimum atomic E-state index is -0.393. The third kappa shape index (κ3) is 3.56. The molecule has 0 aliphatic heterocycles. The molecule has 1 N–H and O–H groups in total. The average Bonchev–Trinajstić information content (AvgIpc) is 2.87. The zero-order valence-electron chi connectivity index (χ0n) is 11.3. The fraction of sp³-hybridized carbons (Fsp3) is 0.571. The Morgan fingerprint density at radius 1 is 1.32 bits per heavy atom. The first-order valence-electron chi connectivity index (χ1n) is 6.59. The van der Waals surface area contributed by atoms with E-state index >= 15 is 0 Å². The van der Waals surface area contributed by atoms with E-state index in [1.165, 1.54) is 31.3 Å². The zero-order valence-corrected chi connectivity index (χ0v) is 12.1. The predicted octanol–water partition coefficient (Wildman–Crippen LogP) is 2.84. The Labute approximate surface area is 117 Å². The Hall–Kier alpha value is -1.36. The monoisotopic (exact) mass is 281 g/mol. The third-order valence-electron chi connectivity index (χ3n) is 3.49. The highest BCUT2D eigenvalue weighted by atomic mass is 32.1. The second kappa shape index (κ2) is 6.19. The van der Waals surface area contributed by atoms with Crippen LogP contribution in [0.15, 0.2) is 12.1 Å². The second-order valence-corrected chi connectivity index (χ2v) is 6.18. The number of carbonyl (C=O) groups is 2. The van der Waals surface area contributed by atoms with Crippen LogP contribution in [0.1, 0.15) is 52.0 Å². The number of thiophene rings is 1. The van der Waals surface area contributed by atoms with Gasteiger partial charge in [-0.3, -0.25) is 4.79 Å². The van der Waals surface area contributed by atoms with Crippen molar-refractivity contribution in [3.05, 3.63) is 21.9 Å². The van der Waals surface area contributed by atoms with Crippen LogP contribution in [0.5, 0.6) is 0 Å². The SMILES string of the molecule is COC(=O)c1ccc(C(=O)NC2CCCC(C)C2)s1. The molecule has 0 spiro atoms. The maximum atomic E-state index is 12.1. The number of ether oxygens (including phenoxy) is 1. The Bertz CT molecular complexity index is 469. The molecule has 104 valence electrons. The molecule has 0 saturated heterocycles. The zero-order chi connectivity index (χ0) is 13.8. The van der Waals surface area contributed by atoms with Crippen LogP contribution in [0, 0.1) is 5.92 Å². The number of esters is 1. The van der Waals surface area contributed by atoms with Crippen LogP contribution in [0.4, 0.5) is 0 Å². The highest BCUT2D eigenvalue weighted by Gasteiger charge is 2.22. The summed E-state index contributed by atoms with van der Waals surface area (Å²) in [7, 11) is 1.34. The number of carbonyl (C=O) groups excluding carboxylic acids is 2. The molecule has 1 heterocycles. The summed E-state index contributed by atoms with van der Waals surface area (Å²) in [5.74, 6) is 0.197. The van der Waals surface area contributed by atoms with Crippen molar-refractivity contribution in [2.24, 2.45) is 5.92 Å². The summed E-state index contributed by atoms with van der Waals surface area (Å²) in [5, 5.41) is 3.06. The molecular formula is C14H19NO3S. The highest BCUT2D eigenvalue weighted by molar-refractivity contribution is 7.15. The molecule has 1 saturated carbocycles. The maximum absolute atomic E-state index is 12.1. The molecule has 1 aliphatic carbocycles. The van der Waals surface area contributed by atoms with E-state index in [0.29, 0.717) is 15.7 Å². The van der Waals surface area contributed by atoms with Crippen molar-refractivity contribution in [3.63, 3.8) is 0 Å². The lowest BCUT2D eigenvalue weighted by molar-refractivity contribution is 0.0606. The second-order valence-electron chi connectivity index (χ2n) is 5.10. The molecule has 1 aromatic rings. The lowest BCUT2D eigenvalue weighted by atomic mass is 9.87. The largest absolute Gasteiger partial charge is 0.465 e. The summed E-state index contributed by atoms with van der Waals surface area (Å²) in [6.07, 6.45) is 4.51. The van der Waals surface area contributed by atoms with Gasteiger partial charge in [0.2, 0.25) is 0 Å². The molecule has 1 aliphatic rings. The van der Waals surface area contributed by atoms with Crippen LogP contribution in [0.2, 0.25) is 0 Å². The molecular weight excluding hydrogens is 262 g/mol.